The zero-order valence-electron chi connectivity index (χ0n) is 11.0. The molecule has 0 saturated carbocycles. The predicted molar refractivity (Wildman–Crippen MR) is 76.7 cm³/mol. The summed E-state index contributed by atoms with van der Waals surface area (Å²) >= 11 is 0. The van der Waals surface area contributed by atoms with Crippen LogP contribution in [0.15, 0.2) is 60.7 Å². The largest absolute Gasteiger partial charge is 0.368 e. The molecule has 2 amide bonds. The predicted octanol–water partition coefficient (Wildman–Crippen LogP) is 1.57. The fourth-order valence-corrected chi connectivity index (χ4v) is 1.96. The Hall–Kier alpha value is -2.62. The summed E-state index contributed by atoms with van der Waals surface area (Å²) in [5.74, 6) is -0.804. The molecule has 20 heavy (non-hydrogen) atoms. The molecule has 4 heteroatoms. The highest BCUT2D eigenvalue weighted by molar-refractivity contribution is 5.88. The van der Waals surface area contributed by atoms with Gasteiger partial charge in [0.05, 0.1) is 6.42 Å². The van der Waals surface area contributed by atoms with Gasteiger partial charge in [0.2, 0.25) is 11.8 Å². The van der Waals surface area contributed by atoms with Gasteiger partial charge in [-0.3, -0.25) is 9.59 Å². The Kier molecular flexibility index (Phi) is 4.50. The van der Waals surface area contributed by atoms with Crippen LogP contribution in [-0.2, 0) is 16.0 Å². The van der Waals surface area contributed by atoms with Crippen LogP contribution in [0.1, 0.15) is 17.2 Å². The Labute approximate surface area is 117 Å². The molecular formula is C16H16N2O2. The van der Waals surface area contributed by atoms with Crippen molar-refractivity contribution in [1.29, 1.82) is 0 Å². The lowest BCUT2D eigenvalue weighted by Crippen LogP contribution is -2.38. The van der Waals surface area contributed by atoms with E-state index >= 15 is 0 Å². The number of rotatable bonds is 5. The van der Waals surface area contributed by atoms with Crippen molar-refractivity contribution in [2.24, 2.45) is 5.73 Å². The fourth-order valence-electron chi connectivity index (χ4n) is 1.96. The number of hydrogen-bond acceptors (Lipinski definition) is 2. The van der Waals surface area contributed by atoms with Crippen molar-refractivity contribution >= 4 is 11.8 Å². The minimum atomic E-state index is -0.799. The lowest BCUT2D eigenvalue weighted by Gasteiger charge is -2.15. The van der Waals surface area contributed by atoms with E-state index in [0.717, 1.165) is 5.56 Å². The van der Waals surface area contributed by atoms with Gasteiger partial charge in [-0.25, -0.2) is 0 Å². The summed E-state index contributed by atoms with van der Waals surface area (Å²) in [6, 6.07) is 17.5. The summed E-state index contributed by atoms with van der Waals surface area (Å²) in [7, 11) is 0. The number of carbonyl (C=O) groups excluding carboxylic acids is 2. The first kappa shape index (κ1) is 13.8. The van der Waals surface area contributed by atoms with Gasteiger partial charge in [-0.1, -0.05) is 60.7 Å². The molecule has 0 aromatic heterocycles. The second-order valence-electron chi connectivity index (χ2n) is 4.48. The second-order valence-corrected chi connectivity index (χ2v) is 4.48. The minimum absolute atomic E-state index is 0.220. The Balaban J connectivity index is 2.06. The third kappa shape index (κ3) is 3.68. The third-order valence-electron chi connectivity index (χ3n) is 2.93. The van der Waals surface area contributed by atoms with Gasteiger partial charge in [0.25, 0.3) is 0 Å². The Bertz CT molecular complexity index is 582. The van der Waals surface area contributed by atoms with Crippen LogP contribution in [0.3, 0.4) is 0 Å². The van der Waals surface area contributed by atoms with Crippen molar-refractivity contribution in [2.75, 3.05) is 0 Å². The van der Waals surface area contributed by atoms with E-state index in [1.165, 1.54) is 0 Å². The molecule has 0 spiro atoms. The molecule has 4 nitrogen and oxygen atoms in total. The van der Waals surface area contributed by atoms with E-state index in [4.69, 9.17) is 5.73 Å². The molecule has 2 aromatic carbocycles. The van der Waals surface area contributed by atoms with Crippen LogP contribution < -0.4 is 11.1 Å². The first-order valence-corrected chi connectivity index (χ1v) is 6.34. The highest BCUT2D eigenvalue weighted by Crippen LogP contribution is 2.12. The summed E-state index contributed by atoms with van der Waals surface area (Å²) < 4.78 is 0. The smallest absolute Gasteiger partial charge is 0.244 e. The van der Waals surface area contributed by atoms with Crippen LogP contribution in [0.5, 0.6) is 0 Å². The summed E-state index contributed by atoms with van der Waals surface area (Å²) in [4.78, 5) is 23.5. The molecule has 0 fully saturated rings. The van der Waals surface area contributed by atoms with Gasteiger partial charge in [0, 0.05) is 0 Å². The quantitative estimate of drug-likeness (QED) is 0.864. The molecular weight excluding hydrogens is 252 g/mol. The van der Waals surface area contributed by atoms with Gasteiger partial charge in [-0.05, 0) is 11.1 Å². The van der Waals surface area contributed by atoms with E-state index in [9.17, 15) is 9.59 Å². The number of benzene rings is 2. The van der Waals surface area contributed by atoms with Crippen molar-refractivity contribution in [3.63, 3.8) is 0 Å². The van der Waals surface area contributed by atoms with E-state index in [-0.39, 0.29) is 12.3 Å². The van der Waals surface area contributed by atoms with Crippen molar-refractivity contribution in [2.45, 2.75) is 12.5 Å². The van der Waals surface area contributed by atoms with Gasteiger partial charge in [-0.15, -0.1) is 0 Å². The molecule has 0 heterocycles. The van der Waals surface area contributed by atoms with Crippen LogP contribution in [0.4, 0.5) is 0 Å². The molecule has 0 aliphatic heterocycles. The minimum Gasteiger partial charge on any atom is -0.368 e. The monoisotopic (exact) mass is 268 g/mol. The Morgan fingerprint density at radius 2 is 1.50 bits per heavy atom. The number of nitrogens with one attached hydrogen (secondary N) is 1. The van der Waals surface area contributed by atoms with Crippen molar-refractivity contribution in [1.82, 2.24) is 5.32 Å². The lowest BCUT2D eigenvalue weighted by atomic mass is 10.1. The summed E-state index contributed by atoms with van der Waals surface area (Å²) in [6.45, 7) is 0. The van der Waals surface area contributed by atoms with E-state index < -0.39 is 11.9 Å². The molecule has 3 N–H and O–H groups in total. The molecule has 0 bridgehead atoms. The van der Waals surface area contributed by atoms with Crippen LogP contribution in [0.2, 0.25) is 0 Å². The topological polar surface area (TPSA) is 72.2 Å². The maximum absolute atomic E-state index is 12.0. The van der Waals surface area contributed by atoms with Gasteiger partial charge < -0.3 is 11.1 Å². The molecule has 0 unspecified atom stereocenters. The summed E-state index contributed by atoms with van der Waals surface area (Å²) in [6.07, 6.45) is 0.220. The number of nitrogens with two attached hydrogens (primary N) is 1. The van der Waals surface area contributed by atoms with E-state index in [2.05, 4.69) is 5.32 Å². The summed E-state index contributed by atoms with van der Waals surface area (Å²) in [5.41, 5.74) is 6.93. The number of primary amides is 1. The van der Waals surface area contributed by atoms with E-state index in [1.807, 2.05) is 36.4 Å². The van der Waals surface area contributed by atoms with Crippen LogP contribution in [0, 0.1) is 0 Å². The SMILES string of the molecule is NC(=O)[C@@H](NC(=O)Cc1ccccc1)c1ccccc1. The standard InChI is InChI=1S/C16H16N2O2/c17-16(20)15(13-9-5-2-6-10-13)18-14(19)11-12-7-3-1-4-8-12/h1-10,15H,11H2,(H2,17,20)(H,18,19)/t15-/m0/s1. The molecule has 2 rings (SSSR count). The average Bonchev–Trinajstić information content (AvgIpc) is 2.46. The van der Waals surface area contributed by atoms with Crippen LogP contribution >= 0.6 is 0 Å². The molecule has 2 aromatic rings. The molecule has 102 valence electrons. The van der Waals surface area contributed by atoms with Crippen molar-refractivity contribution in [3.8, 4) is 0 Å². The first-order chi connectivity index (χ1) is 9.66. The zero-order valence-corrected chi connectivity index (χ0v) is 11.0. The van der Waals surface area contributed by atoms with Crippen LogP contribution in [-0.4, -0.2) is 11.8 Å². The molecule has 0 radical (unpaired) electrons. The normalized spacial score (nSPS) is 11.6. The maximum Gasteiger partial charge on any atom is 0.244 e. The molecule has 0 aliphatic rings. The second kappa shape index (κ2) is 6.52. The highest BCUT2D eigenvalue weighted by atomic mass is 16.2. The van der Waals surface area contributed by atoms with Crippen LogP contribution in [0.25, 0.3) is 0 Å². The van der Waals surface area contributed by atoms with Gasteiger partial charge in [0.15, 0.2) is 0 Å². The molecule has 1 atom stereocenters. The fraction of sp³-hybridized carbons (Fsp3) is 0.125. The lowest BCUT2D eigenvalue weighted by molar-refractivity contribution is -0.127. The Morgan fingerprint density at radius 1 is 0.950 bits per heavy atom. The first-order valence-electron chi connectivity index (χ1n) is 6.34. The van der Waals surface area contributed by atoms with Crippen molar-refractivity contribution < 1.29 is 9.59 Å². The molecule has 0 saturated heterocycles. The third-order valence-corrected chi connectivity index (χ3v) is 2.93. The number of hydrogen-bond donors (Lipinski definition) is 2. The van der Waals surface area contributed by atoms with E-state index in [0.29, 0.717) is 5.56 Å². The van der Waals surface area contributed by atoms with E-state index in [1.54, 1.807) is 24.3 Å². The van der Waals surface area contributed by atoms with Gasteiger partial charge in [-0.2, -0.15) is 0 Å². The van der Waals surface area contributed by atoms with Gasteiger partial charge >= 0.3 is 0 Å². The van der Waals surface area contributed by atoms with Crippen molar-refractivity contribution in [3.05, 3.63) is 71.8 Å². The highest BCUT2D eigenvalue weighted by Gasteiger charge is 2.19. The number of amides is 2. The summed E-state index contributed by atoms with van der Waals surface area (Å²) in [5, 5.41) is 2.67. The Morgan fingerprint density at radius 3 is 2.05 bits per heavy atom. The average molecular weight is 268 g/mol. The maximum atomic E-state index is 12.0. The number of carbonyl (C=O) groups is 2. The zero-order chi connectivity index (χ0) is 14.4. The van der Waals surface area contributed by atoms with Gasteiger partial charge in [0.1, 0.15) is 6.04 Å². The molecule has 0 aliphatic carbocycles.